The van der Waals surface area contributed by atoms with Gasteiger partial charge in [0.15, 0.2) is 0 Å². The van der Waals surface area contributed by atoms with Gasteiger partial charge < -0.3 is 34.9 Å². The van der Waals surface area contributed by atoms with Crippen molar-refractivity contribution in [2.45, 2.75) is 69.9 Å². The summed E-state index contributed by atoms with van der Waals surface area (Å²) in [6.07, 6.45) is -2.62. The van der Waals surface area contributed by atoms with Crippen LogP contribution in [0.25, 0.3) is 33.6 Å². The van der Waals surface area contributed by atoms with E-state index in [1.807, 2.05) is 24.3 Å². The molecule has 2 saturated heterocycles. The highest BCUT2D eigenvalue weighted by Crippen LogP contribution is 2.40. The summed E-state index contributed by atoms with van der Waals surface area (Å²) in [7, 11) is 2.53. The molecule has 4 aromatic rings. The molecule has 0 saturated carbocycles. The Morgan fingerprint density at radius 2 is 1.41 bits per heavy atom. The van der Waals surface area contributed by atoms with Crippen molar-refractivity contribution in [2.75, 3.05) is 27.2 Å². The van der Waals surface area contributed by atoms with Crippen LogP contribution >= 0.6 is 0 Å². The molecule has 2 aromatic carbocycles. The Bertz CT molecular complexity index is 2010. The number of ether oxygens (including phenoxy) is 1. The van der Waals surface area contributed by atoms with Crippen LogP contribution in [-0.2, 0) is 20.5 Å². The number of rotatable bonds is 9. The first kappa shape index (κ1) is 37.9. The standard InChI is InChI=1S/C37H41F3N8O6/c1-20(42-35(51)54-4)33(49)47-17-6-8-28(47)32-44-29(30(45-32)37(38,39)40)25-15-11-23(12-16-25)22-9-13-24(14-10-22)26-19-41-31(43-26)27-7-5-18-48(27)34(50)21(2)46(3)36(52)53/h9-16,19-21,27-28H,5-8,17-18H2,1-4H3,(H,41,43)(H,42,51)(H,44,45)(H,52,53)/t20-,21-,27-,28-/m0/s1. The minimum atomic E-state index is -4.74. The Balaban J connectivity index is 1.17. The molecule has 6 rings (SSSR count). The number of carbonyl (C=O) groups excluding carboxylic acids is 3. The van der Waals surface area contributed by atoms with E-state index in [2.05, 4.69) is 30.0 Å². The zero-order valence-electron chi connectivity index (χ0n) is 30.1. The second-order valence-electron chi connectivity index (χ2n) is 13.5. The van der Waals surface area contributed by atoms with E-state index in [0.717, 1.165) is 33.7 Å². The number of alkyl halides is 3. The van der Waals surface area contributed by atoms with Crippen LogP contribution in [0.5, 0.6) is 0 Å². The van der Waals surface area contributed by atoms with E-state index in [9.17, 15) is 37.5 Å². The monoisotopic (exact) mass is 750 g/mol. The Morgan fingerprint density at radius 1 is 0.870 bits per heavy atom. The van der Waals surface area contributed by atoms with Gasteiger partial charge in [-0.05, 0) is 56.2 Å². The van der Waals surface area contributed by atoms with E-state index in [0.29, 0.717) is 38.2 Å². The van der Waals surface area contributed by atoms with E-state index in [-0.39, 0.29) is 29.0 Å². The lowest BCUT2D eigenvalue weighted by Gasteiger charge is -2.29. The number of carbonyl (C=O) groups is 4. The molecule has 0 radical (unpaired) electrons. The lowest BCUT2D eigenvalue weighted by molar-refractivity contribution is -0.140. The normalized spacial score (nSPS) is 18.4. The summed E-state index contributed by atoms with van der Waals surface area (Å²) < 4.78 is 47.4. The van der Waals surface area contributed by atoms with Crippen LogP contribution in [-0.4, -0.2) is 103 Å². The smallest absolute Gasteiger partial charge is 0.433 e. The highest BCUT2D eigenvalue weighted by Gasteiger charge is 2.41. The van der Waals surface area contributed by atoms with Crippen LogP contribution in [0.3, 0.4) is 0 Å². The van der Waals surface area contributed by atoms with Crippen molar-refractivity contribution in [1.82, 2.24) is 40.0 Å². The number of likely N-dealkylation sites (tertiary alicyclic amines) is 2. The Kier molecular flexibility index (Phi) is 10.7. The summed E-state index contributed by atoms with van der Waals surface area (Å²) in [4.78, 5) is 68.0. The summed E-state index contributed by atoms with van der Waals surface area (Å²) in [5.74, 6) is -0.116. The van der Waals surface area contributed by atoms with Crippen molar-refractivity contribution in [1.29, 1.82) is 0 Å². The van der Waals surface area contributed by atoms with Crippen LogP contribution in [0.2, 0.25) is 0 Å². The molecule has 54 heavy (non-hydrogen) atoms. The number of halogens is 3. The number of nitrogens with zero attached hydrogens (tertiary/aromatic N) is 5. The van der Waals surface area contributed by atoms with Crippen molar-refractivity contribution in [3.63, 3.8) is 0 Å². The Morgan fingerprint density at radius 3 is 1.96 bits per heavy atom. The molecule has 286 valence electrons. The minimum absolute atomic E-state index is 0.0164. The molecule has 0 spiro atoms. The number of hydrogen-bond donors (Lipinski definition) is 4. The van der Waals surface area contributed by atoms with Gasteiger partial charge >= 0.3 is 18.4 Å². The third-order valence-electron chi connectivity index (χ3n) is 10.1. The van der Waals surface area contributed by atoms with Crippen LogP contribution in [0.15, 0.2) is 54.7 Å². The minimum Gasteiger partial charge on any atom is -0.465 e. The molecule has 4 heterocycles. The van der Waals surface area contributed by atoms with Crippen molar-refractivity contribution >= 4 is 24.0 Å². The molecule has 2 aliphatic heterocycles. The van der Waals surface area contributed by atoms with E-state index in [1.165, 1.54) is 26.0 Å². The van der Waals surface area contributed by atoms with Crippen molar-refractivity contribution < 1.29 is 42.2 Å². The van der Waals surface area contributed by atoms with Crippen LogP contribution in [0.1, 0.15) is 69.0 Å². The number of aromatic nitrogens is 4. The molecule has 0 aliphatic carbocycles. The van der Waals surface area contributed by atoms with Gasteiger partial charge in [0.05, 0.1) is 31.1 Å². The first-order valence-corrected chi connectivity index (χ1v) is 17.5. The number of alkyl carbamates (subject to hydrolysis) is 1. The number of imidazole rings is 2. The average Bonchev–Trinajstić information content (AvgIpc) is 3.99. The Hall–Kier alpha value is -5.87. The van der Waals surface area contributed by atoms with Gasteiger partial charge in [-0.1, -0.05) is 48.5 Å². The molecule has 2 aliphatic rings. The average molecular weight is 751 g/mol. The lowest BCUT2D eigenvalue weighted by Crippen LogP contribution is -2.47. The van der Waals surface area contributed by atoms with Crippen molar-refractivity contribution in [2.24, 2.45) is 0 Å². The van der Waals surface area contributed by atoms with Gasteiger partial charge in [-0.3, -0.25) is 14.5 Å². The Labute approximate surface area is 308 Å². The highest BCUT2D eigenvalue weighted by atomic mass is 19.4. The highest BCUT2D eigenvalue weighted by molar-refractivity contribution is 5.86. The maximum atomic E-state index is 14.3. The van der Waals surface area contributed by atoms with E-state index < -0.39 is 48.1 Å². The van der Waals surface area contributed by atoms with Crippen LogP contribution in [0.4, 0.5) is 22.8 Å². The number of amides is 4. The predicted molar refractivity (Wildman–Crippen MR) is 190 cm³/mol. The molecule has 14 nitrogen and oxygen atoms in total. The zero-order valence-corrected chi connectivity index (χ0v) is 30.1. The summed E-state index contributed by atoms with van der Waals surface area (Å²) in [6.45, 7) is 3.85. The number of hydrogen-bond acceptors (Lipinski definition) is 7. The van der Waals surface area contributed by atoms with E-state index >= 15 is 0 Å². The fourth-order valence-electron chi connectivity index (χ4n) is 7.03. The molecule has 0 unspecified atom stereocenters. The van der Waals surface area contributed by atoms with E-state index in [4.69, 9.17) is 0 Å². The van der Waals surface area contributed by atoms with Crippen molar-refractivity contribution in [3.8, 4) is 33.6 Å². The maximum Gasteiger partial charge on any atom is 0.433 e. The van der Waals surface area contributed by atoms with Gasteiger partial charge in [-0.15, -0.1) is 0 Å². The third kappa shape index (κ3) is 7.61. The maximum absolute atomic E-state index is 14.3. The van der Waals surface area contributed by atoms with Crippen LogP contribution in [0, 0.1) is 0 Å². The quantitative estimate of drug-likeness (QED) is 0.156. The zero-order chi connectivity index (χ0) is 38.9. The second kappa shape index (κ2) is 15.2. The van der Waals surface area contributed by atoms with Crippen molar-refractivity contribution in [3.05, 3.63) is 72.1 Å². The predicted octanol–water partition coefficient (Wildman–Crippen LogP) is 6.22. The first-order valence-electron chi connectivity index (χ1n) is 17.5. The molecule has 4 N–H and O–H groups in total. The number of likely N-dealkylation sites (N-methyl/N-ethyl adjacent to an activating group) is 1. The molecule has 0 bridgehead atoms. The number of benzene rings is 2. The fraction of sp³-hybridized carbons (Fsp3) is 0.405. The lowest BCUT2D eigenvalue weighted by atomic mass is 10.0. The topological polar surface area (TPSA) is 177 Å². The van der Waals surface area contributed by atoms with Gasteiger partial charge in [0.1, 0.15) is 35.1 Å². The largest absolute Gasteiger partial charge is 0.465 e. The SMILES string of the molecule is COC(=O)N[C@@H](C)C(=O)N1CCC[C@H]1c1nc(-c2ccc(-c3ccc(-c4cnc([C@@H]5CCCN5C(=O)[C@H](C)N(C)C(=O)O)[nH]4)cc3)cc2)c(C(F)(F)F)[nH]1. The van der Waals surface area contributed by atoms with E-state index in [1.54, 1.807) is 42.3 Å². The number of carboxylic acid groups (broad SMARTS) is 1. The number of nitrogens with one attached hydrogen (secondary N) is 3. The number of aromatic amines is 2. The first-order chi connectivity index (χ1) is 25.7. The molecule has 2 fully saturated rings. The van der Waals surface area contributed by atoms with Gasteiger partial charge in [0.2, 0.25) is 11.8 Å². The molecular formula is C37H41F3N8O6. The molecular weight excluding hydrogens is 709 g/mol. The molecule has 17 heteroatoms. The summed E-state index contributed by atoms with van der Waals surface area (Å²) >= 11 is 0. The molecule has 4 atom stereocenters. The number of H-pyrrole nitrogens is 2. The number of methoxy groups -OCH3 is 1. The summed E-state index contributed by atoms with van der Waals surface area (Å²) in [6, 6.07) is 11.3. The fourth-order valence-corrected chi connectivity index (χ4v) is 7.03. The van der Waals surface area contributed by atoms with Gasteiger partial charge in [0, 0.05) is 25.7 Å². The second-order valence-corrected chi connectivity index (χ2v) is 13.5. The van der Waals surface area contributed by atoms with Gasteiger partial charge in [-0.25, -0.2) is 19.6 Å². The summed E-state index contributed by atoms with van der Waals surface area (Å²) in [5, 5.41) is 11.7. The summed E-state index contributed by atoms with van der Waals surface area (Å²) in [5.41, 5.74) is 2.10. The third-order valence-corrected chi connectivity index (χ3v) is 10.1. The van der Waals surface area contributed by atoms with Gasteiger partial charge in [0.25, 0.3) is 0 Å². The van der Waals surface area contributed by atoms with Gasteiger partial charge in [-0.2, -0.15) is 13.2 Å². The molecule has 2 aromatic heterocycles. The van der Waals surface area contributed by atoms with Crippen LogP contribution < -0.4 is 5.32 Å². The molecule has 4 amide bonds.